The van der Waals surface area contributed by atoms with Crippen LogP contribution < -0.4 is 5.32 Å². The zero-order valence-electron chi connectivity index (χ0n) is 12.3. The van der Waals surface area contributed by atoms with Crippen LogP contribution in [-0.2, 0) is 16.9 Å². The second-order valence-corrected chi connectivity index (χ2v) is 6.67. The highest BCUT2D eigenvalue weighted by molar-refractivity contribution is 9.10. The smallest absolute Gasteiger partial charge is 0.0726 e. The van der Waals surface area contributed by atoms with Crippen LogP contribution in [0.2, 0.25) is 0 Å². The minimum Gasteiger partial charge on any atom is -0.394 e. The van der Waals surface area contributed by atoms with Gasteiger partial charge < -0.3 is 15.2 Å². The third-order valence-electron chi connectivity index (χ3n) is 4.24. The summed E-state index contributed by atoms with van der Waals surface area (Å²) < 4.78 is 7.05. The number of benzene rings is 2. The van der Waals surface area contributed by atoms with Crippen molar-refractivity contribution in [1.29, 1.82) is 0 Å². The summed E-state index contributed by atoms with van der Waals surface area (Å²) in [4.78, 5) is 0. The Morgan fingerprint density at radius 2 is 1.86 bits per heavy atom. The topological polar surface area (TPSA) is 41.5 Å². The minimum atomic E-state index is -0.401. The first kappa shape index (κ1) is 15.7. The molecule has 0 radical (unpaired) electrons. The number of nitrogens with one attached hydrogen (secondary N) is 1. The van der Waals surface area contributed by atoms with E-state index in [1.54, 1.807) is 0 Å². The molecule has 3 nitrogen and oxygen atoms in total. The summed E-state index contributed by atoms with van der Waals surface area (Å²) in [7, 11) is 0. The van der Waals surface area contributed by atoms with Crippen molar-refractivity contribution in [3.05, 3.63) is 70.2 Å². The summed E-state index contributed by atoms with van der Waals surface area (Å²) in [6.45, 7) is 1.43. The number of rotatable bonds is 5. The summed E-state index contributed by atoms with van der Waals surface area (Å²) in [6, 6.07) is 18.3. The van der Waals surface area contributed by atoms with Crippen LogP contribution in [0.1, 0.15) is 17.5 Å². The Kier molecular flexibility index (Phi) is 4.93. The summed E-state index contributed by atoms with van der Waals surface area (Å²) in [6.07, 6.45) is 0.883. The van der Waals surface area contributed by atoms with Crippen molar-refractivity contribution in [2.24, 2.45) is 0 Å². The fraction of sp³-hybridized carbons (Fsp3) is 0.333. The summed E-state index contributed by atoms with van der Waals surface area (Å²) in [5.74, 6) is 0. The second-order valence-electron chi connectivity index (χ2n) is 5.75. The summed E-state index contributed by atoms with van der Waals surface area (Å²) in [5, 5.41) is 13.4. The van der Waals surface area contributed by atoms with Gasteiger partial charge in [0.2, 0.25) is 0 Å². The molecule has 2 N–H and O–H groups in total. The number of aliphatic hydroxyl groups excluding tert-OH is 1. The molecule has 1 aliphatic rings. The first-order valence-electron chi connectivity index (χ1n) is 7.49. The molecule has 1 heterocycles. The molecule has 2 aromatic carbocycles. The fourth-order valence-corrected chi connectivity index (χ4v) is 3.21. The van der Waals surface area contributed by atoms with Gasteiger partial charge in [-0.05, 0) is 29.7 Å². The Labute approximate surface area is 139 Å². The van der Waals surface area contributed by atoms with E-state index in [0.717, 1.165) is 23.0 Å². The van der Waals surface area contributed by atoms with E-state index < -0.39 is 5.54 Å². The molecule has 0 amide bonds. The van der Waals surface area contributed by atoms with Gasteiger partial charge in [0.05, 0.1) is 24.9 Å². The van der Waals surface area contributed by atoms with Gasteiger partial charge in [-0.25, -0.2) is 0 Å². The zero-order valence-corrected chi connectivity index (χ0v) is 13.9. The lowest BCUT2D eigenvalue weighted by Gasteiger charge is -2.28. The maximum Gasteiger partial charge on any atom is 0.0726 e. The Morgan fingerprint density at radius 1 is 1.14 bits per heavy atom. The molecule has 0 aromatic heterocycles. The molecule has 0 unspecified atom stereocenters. The van der Waals surface area contributed by atoms with Gasteiger partial charge in [0.1, 0.15) is 0 Å². The molecule has 0 aliphatic carbocycles. The summed E-state index contributed by atoms with van der Waals surface area (Å²) >= 11 is 3.45. The molecule has 0 spiro atoms. The number of halogens is 1. The van der Waals surface area contributed by atoms with Gasteiger partial charge >= 0.3 is 0 Å². The molecule has 2 aromatic rings. The molecule has 116 valence electrons. The molecule has 3 rings (SSSR count). The molecule has 0 saturated carbocycles. The predicted molar refractivity (Wildman–Crippen MR) is 90.5 cm³/mol. The lowest BCUT2D eigenvalue weighted by molar-refractivity contribution is 0.0447. The Hall–Kier alpha value is -1.20. The molecule has 4 heteroatoms. The molecular formula is C18H20BrNO2. The van der Waals surface area contributed by atoms with E-state index in [-0.39, 0.29) is 12.7 Å². The molecule has 1 fully saturated rings. The summed E-state index contributed by atoms with van der Waals surface area (Å²) in [5.41, 5.74) is 1.87. The Morgan fingerprint density at radius 3 is 2.55 bits per heavy atom. The van der Waals surface area contributed by atoms with E-state index in [2.05, 4.69) is 33.4 Å². The number of hydrogen-bond acceptors (Lipinski definition) is 3. The van der Waals surface area contributed by atoms with Crippen LogP contribution in [-0.4, -0.2) is 24.4 Å². The van der Waals surface area contributed by atoms with Crippen molar-refractivity contribution < 1.29 is 9.84 Å². The van der Waals surface area contributed by atoms with Gasteiger partial charge in [0, 0.05) is 11.0 Å². The quantitative estimate of drug-likeness (QED) is 0.858. The molecule has 0 bridgehead atoms. The third kappa shape index (κ3) is 3.41. The molecule has 22 heavy (non-hydrogen) atoms. The lowest BCUT2D eigenvalue weighted by atomic mass is 9.89. The number of aliphatic hydroxyl groups is 1. The lowest BCUT2D eigenvalue weighted by Crippen LogP contribution is -2.40. The fourth-order valence-electron chi connectivity index (χ4n) is 2.95. The second kappa shape index (κ2) is 6.92. The maximum atomic E-state index is 9.91. The van der Waals surface area contributed by atoms with Crippen LogP contribution in [0.4, 0.5) is 0 Å². The SMILES string of the molecule is OC[C@@]1(c2ccc(Br)cc2)C[C@@H](OCc2ccccc2)CN1. The normalized spacial score (nSPS) is 24.5. The molecular weight excluding hydrogens is 342 g/mol. The van der Waals surface area contributed by atoms with Crippen molar-refractivity contribution >= 4 is 15.9 Å². The highest BCUT2D eigenvalue weighted by Gasteiger charge is 2.40. The van der Waals surface area contributed by atoms with Crippen LogP contribution in [0.3, 0.4) is 0 Å². The molecule has 2 atom stereocenters. The van der Waals surface area contributed by atoms with Crippen molar-refractivity contribution in [2.45, 2.75) is 24.7 Å². The van der Waals surface area contributed by atoms with Gasteiger partial charge in [0.15, 0.2) is 0 Å². The minimum absolute atomic E-state index is 0.0693. The standard InChI is InChI=1S/C18H20BrNO2/c19-16-8-6-15(7-9-16)18(13-21)10-17(11-20-18)22-12-14-4-2-1-3-5-14/h1-9,17,20-21H,10-13H2/t17-,18-/m1/s1. The van der Waals surface area contributed by atoms with Crippen molar-refractivity contribution in [2.75, 3.05) is 13.2 Å². The van der Waals surface area contributed by atoms with Gasteiger partial charge in [-0.1, -0.05) is 58.4 Å². The molecule has 1 aliphatic heterocycles. The average molecular weight is 362 g/mol. The van der Waals surface area contributed by atoms with Gasteiger partial charge in [0.25, 0.3) is 0 Å². The van der Waals surface area contributed by atoms with Crippen molar-refractivity contribution in [3.63, 3.8) is 0 Å². The van der Waals surface area contributed by atoms with Crippen LogP contribution >= 0.6 is 15.9 Å². The number of hydrogen-bond donors (Lipinski definition) is 2. The maximum absolute atomic E-state index is 9.91. The van der Waals surface area contributed by atoms with Crippen molar-refractivity contribution in [1.82, 2.24) is 5.32 Å². The van der Waals surface area contributed by atoms with E-state index >= 15 is 0 Å². The predicted octanol–water partition coefficient (Wildman–Crippen LogP) is 3.22. The van der Waals surface area contributed by atoms with E-state index in [4.69, 9.17) is 4.74 Å². The highest BCUT2D eigenvalue weighted by atomic mass is 79.9. The number of ether oxygens (including phenoxy) is 1. The largest absolute Gasteiger partial charge is 0.394 e. The first-order chi connectivity index (χ1) is 10.7. The monoisotopic (exact) mass is 361 g/mol. The van der Waals surface area contributed by atoms with Crippen LogP contribution in [0, 0.1) is 0 Å². The highest BCUT2D eigenvalue weighted by Crippen LogP contribution is 2.32. The van der Waals surface area contributed by atoms with Crippen LogP contribution in [0.15, 0.2) is 59.1 Å². The Bertz CT molecular complexity index is 602. The van der Waals surface area contributed by atoms with Crippen molar-refractivity contribution in [3.8, 4) is 0 Å². The average Bonchev–Trinajstić information content (AvgIpc) is 2.99. The molecule has 1 saturated heterocycles. The van der Waals surface area contributed by atoms with E-state index in [9.17, 15) is 5.11 Å². The third-order valence-corrected chi connectivity index (χ3v) is 4.77. The van der Waals surface area contributed by atoms with E-state index in [1.165, 1.54) is 5.56 Å². The van der Waals surface area contributed by atoms with Gasteiger partial charge in [-0.3, -0.25) is 0 Å². The van der Waals surface area contributed by atoms with Crippen LogP contribution in [0.25, 0.3) is 0 Å². The first-order valence-corrected chi connectivity index (χ1v) is 8.29. The van der Waals surface area contributed by atoms with Crippen LogP contribution in [0.5, 0.6) is 0 Å². The van der Waals surface area contributed by atoms with Gasteiger partial charge in [-0.15, -0.1) is 0 Å². The van der Waals surface area contributed by atoms with E-state index in [1.807, 2.05) is 42.5 Å². The van der Waals surface area contributed by atoms with Gasteiger partial charge in [-0.2, -0.15) is 0 Å². The zero-order chi connectivity index (χ0) is 15.4. The van der Waals surface area contributed by atoms with E-state index in [0.29, 0.717) is 6.61 Å². The Balaban J connectivity index is 1.65.